The third kappa shape index (κ3) is 3.55. The van der Waals surface area contributed by atoms with Gasteiger partial charge in [0.25, 0.3) is 0 Å². The van der Waals surface area contributed by atoms with Gasteiger partial charge in [-0.15, -0.1) is 0 Å². The monoisotopic (exact) mass is 300 g/mol. The number of benzene rings is 1. The largest absolute Gasteiger partial charge is 0.481 e. The molecular weight excluding hydrogens is 280 g/mol. The Balaban J connectivity index is 1.72. The van der Waals surface area contributed by atoms with Crippen LogP contribution in [0.3, 0.4) is 0 Å². The van der Waals surface area contributed by atoms with Gasteiger partial charge in [-0.05, 0) is 23.8 Å². The zero-order chi connectivity index (χ0) is 15.4. The molecule has 0 spiro atoms. The van der Waals surface area contributed by atoms with Crippen molar-refractivity contribution in [2.45, 2.75) is 6.54 Å². The molecule has 1 aliphatic heterocycles. The van der Waals surface area contributed by atoms with Crippen LogP contribution in [-0.2, 0) is 11.3 Å². The molecule has 1 aromatic carbocycles. The predicted octanol–water partition coefficient (Wildman–Crippen LogP) is 2.05. The van der Waals surface area contributed by atoms with Crippen LogP contribution in [0.2, 0.25) is 0 Å². The maximum Gasteiger partial charge on any atom is 0.309 e. The third-order valence-electron chi connectivity index (χ3n) is 3.96. The Bertz CT molecular complexity index is 625. The average molecular weight is 300 g/mol. The van der Waals surface area contributed by atoms with Crippen molar-refractivity contribution in [2.75, 3.05) is 26.2 Å². The SMILES string of the molecule is O=C(O)[C@H]1CNCCN(Cc2cccc(-c3ccco3)c2)C1. The molecule has 2 N–H and O–H groups in total. The Hall–Kier alpha value is -2.11. The van der Waals surface area contributed by atoms with Crippen LogP contribution in [0.4, 0.5) is 0 Å². The van der Waals surface area contributed by atoms with Crippen molar-refractivity contribution in [1.29, 1.82) is 0 Å². The van der Waals surface area contributed by atoms with E-state index in [0.717, 1.165) is 31.0 Å². The Morgan fingerprint density at radius 2 is 2.27 bits per heavy atom. The number of aliphatic carboxylic acids is 1. The minimum atomic E-state index is -0.733. The van der Waals surface area contributed by atoms with E-state index in [-0.39, 0.29) is 5.92 Å². The van der Waals surface area contributed by atoms with Gasteiger partial charge in [0.05, 0.1) is 12.2 Å². The molecule has 1 aromatic heterocycles. The molecule has 3 rings (SSSR count). The number of hydrogen-bond donors (Lipinski definition) is 2. The standard InChI is InChI=1S/C17H20N2O3/c20-17(21)15-10-18-6-7-19(12-15)11-13-3-1-4-14(9-13)16-5-2-8-22-16/h1-5,8-9,15,18H,6-7,10-12H2,(H,20,21)/t15-/m0/s1. The second kappa shape index (κ2) is 6.77. The highest BCUT2D eigenvalue weighted by Crippen LogP contribution is 2.21. The molecule has 1 fully saturated rings. The van der Waals surface area contributed by atoms with Gasteiger partial charge in [0.1, 0.15) is 5.76 Å². The topological polar surface area (TPSA) is 65.7 Å². The summed E-state index contributed by atoms with van der Waals surface area (Å²) in [5.74, 6) is -0.234. The molecule has 0 aliphatic carbocycles. The lowest BCUT2D eigenvalue weighted by Gasteiger charge is -2.22. The summed E-state index contributed by atoms with van der Waals surface area (Å²) in [7, 11) is 0. The fraction of sp³-hybridized carbons (Fsp3) is 0.353. The van der Waals surface area contributed by atoms with Gasteiger partial charge in [0.2, 0.25) is 0 Å². The zero-order valence-electron chi connectivity index (χ0n) is 12.4. The maximum atomic E-state index is 11.2. The number of carboxylic acids is 1. The molecule has 0 bridgehead atoms. The van der Waals surface area contributed by atoms with Gasteiger partial charge in [0, 0.05) is 38.3 Å². The molecule has 1 saturated heterocycles. The van der Waals surface area contributed by atoms with Crippen molar-refractivity contribution >= 4 is 5.97 Å². The summed E-state index contributed by atoms with van der Waals surface area (Å²) in [6.45, 7) is 3.54. The van der Waals surface area contributed by atoms with E-state index in [0.29, 0.717) is 13.1 Å². The van der Waals surface area contributed by atoms with E-state index in [9.17, 15) is 9.90 Å². The first kappa shape index (κ1) is 14.8. The fourth-order valence-corrected chi connectivity index (χ4v) is 2.81. The fourth-order valence-electron chi connectivity index (χ4n) is 2.81. The number of carbonyl (C=O) groups is 1. The van der Waals surface area contributed by atoms with Gasteiger partial charge in [-0.2, -0.15) is 0 Å². The Labute approximate surface area is 129 Å². The van der Waals surface area contributed by atoms with E-state index in [1.807, 2.05) is 24.3 Å². The molecule has 0 saturated carbocycles. The second-order valence-electron chi connectivity index (χ2n) is 5.65. The second-order valence-corrected chi connectivity index (χ2v) is 5.65. The van der Waals surface area contributed by atoms with Crippen molar-refractivity contribution in [3.63, 3.8) is 0 Å². The Kier molecular flexibility index (Phi) is 4.56. The highest BCUT2D eigenvalue weighted by molar-refractivity contribution is 5.70. The van der Waals surface area contributed by atoms with E-state index in [1.54, 1.807) is 6.26 Å². The minimum absolute atomic E-state index is 0.351. The lowest BCUT2D eigenvalue weighted by Crippen LogP contribution is -2.33. The summed E-state index contributed by atoms with van der Waals surface area (Å²) in [5, 5.41) is 12.4. The normalized spacial score (nSPS) is 19.7. The van der Waals surface area contributed by atoms with Crippen LogP contribution in [0.15, 0.2) is 47.1 Å². The summed E-state index contributed by atoms with van der Waals surface area (Å²) in [6.07, 6.45) is 1.67. The van der Waals surface area contributed by atoms with Crippen molar-refractivity contribution in [2.24, 2.45) is 5.92 Å². The predicted molar refractivity (Wildman–Crippen MR) is 83.4 cm³/mol. The van der Waals surface area contributed by atoms with Crippen molar-refractivity contribution in [1.82, 2.24) is 10.2 Å². The smallest absolute Gasteiger partial charge is 0.309 e. The first-order valence-electron chi connectivity index (χ1n) is 7.51. The Morgan fingerprint density at radius 1 is 1.36 bits per heavy atom. The molecule has 0 amide bonds. The summed E-state index contributed by atoms with van der Waals surface area (Å²) < 4.78 is 5.43. The molecule has 0 unspecified atom stereocenters. The number of nitrogens with one attached hydrogen (secondary N) is 1. The highest BCUT2D eigenvalue weighted by atomic mass is 16.4. The van der Waals surface area contributed by atoms with E-state index < -0.39 is 5.97 Å². The first-order chi connectivity index (χ1) is 10.7. The molecule has 2 aromatic rings. The van der Waals surface area contributed by atoms with Crippen molar-refractivity contribution in [3.8, 4) is 11.3 Å². The molecule has 1 atom stereocenters. The molecule has 116 valence electrons. The van der Waals surface area contributed by atoms with Crippen LogP contribution in [0.5, 0.6) is 0 Å². The molecule has 5 heteroatoms. The van der Waals surface area contributed by atoms with Crippen LogP contribution < -0.4 is 5.32 Å². The molecule has 22 heavy (non-hydrogen) atoms. The minimum Gasteiger partial charge on any atom is -0.481 e. The van der Waals surface area contributed by atoms with E-state index >= 15 is 0 Å². The van der Waals surface area contributed by atoms with E-state index in [1.165, 1.54) is 5.56 Å². The molecule has 0 radical (unpaired) electrons. The Morgan fingerprint density at radius 3 is 3.05 bits per heavy atom. The van der Waals surface area contributed by atoms with Crippen LogP contribution in [0, 0.1) is 5.92 Å². The van der Waals surface area contributed by atoms with Gasteiger partial charge in [-0.1, -0.05) is 18.2 Å². The number of hydrogen-bond acceptors (Lipinski definition) is 4. The zero-order valence-corrected chi connectivity index (χ0v) is 12.4. The molecule has 5 nitrogen and oxygen atoms in total. The van der Waals surface area contributed by atoms with Gasteiger partial charge in [-0.3, -0.25) is 9.69 Å². The lowest BCUT2D eigenvalue weighted by molar-refractivity contribution is -0.142. The van der Waals surface area contributed by atoms with Gasteiger partial charge in [-0.25, -0.2) is 0 Å². The van der Waals surface area contributed by atoms with Crippen molar-refractivity contribution < 1.29 is 14.3 Å². The quantitative estimate of drug-likeness (QED) is 0.904. The van der Waals surface area contributed by atoms with Crippen LogP contribution >= 0.6 is 0 Å². The number of rotatable bonds is 4. The number of carboxylic acid groups (broad SMARTS) is 1. The summed E-state index contributed by atoms with van der Waals surface area (Å²) in [6, 6.07) is 12.0. The third-order valence-corrected chi connectivity index (χ3v) is 3.96. The summed E-state index contributed by atoms with van der Waals surface area (Å²) in [5.41, 5.74) is 2.21. The lowest BCUT2D eigenvalue weighted by atomic mass is 10.1. The summed E-state index contributed by atoms with van der Waals surface area (Å²) in [4.78, 5) is 13.4. The average Bonchev–Trinajstić information content (AvgIpc) is 2.95. The van der Waals surface area contributed by atoms with Crippen LogP contribution in [-0.4, -0.2) is 42.2 Å². The molecule has 2 heterocycles. The van der Waals surface area contributed by atoms with Gasteiger partial charge in [0.15, 0.2) is 0 Å². The molecular formula is C17H20N2O3. The van der Waals surface area contributed by atoms with E-state index in [2.05, 4.69) is 22.3 Å². The maximum absolute atomic E-state index is 11.2. The first-order valence-corrected chi connectivity index (χ1v) is 7.51. The number of furan rings is 1. The van der Waals surface area contributed by atoms with Crippen LogP contribution in [0.1, 0.15) is 5.56 Å². The highest BCUT2D eigenvalue weighted by Gasteiger charge is 2.23. The van der Waals surface area contributed by atoms with Gasteiger partial charge < -0.3 is 14.8 Å². The molecule has 1 aliphatic rings. The van der Waals surface area contributed by atoms with Crippen molar-refractivity contribution in [3.05, 3.63) is 48.2 Å². The van der Waals surface area contributed by atoms with Gasteiger partial charge >= 0.3 is 5.97 Å². The summed E-state index contributed by atoms with van der Waals surface area (Å²) >= 11 is 0. The van der Waals surface area contributed by atoms with E-state index in [4.69, 9.17) is 4.42 Å². The number of nitrogens with zero attached hydrogens (tertiary/aromatic N) is 1. The van der Waals surface area contributed by atoms with Crippen LogP contribution in [0.25, 0.3) is 11.3 Å².